The number of amides is 1. The van der Waals surface area contributed by atoms with Gasteiger partial charge in [0.05, 0.1) is 11.1 Å². The summed E-state index contributed by atoms with van der Waals surface area (Å²) < 4.78 is 2.36. The maximum absolute atomic E-state index is 12.9. The maximum atomic E-state index is 12.9. The number of carbonyl (C=O) groups is 2. The minimum atomic E-state index is -0.417. The Balaban J connectivity index is 2.28. The van der Waals surface area contributed by atoms with Crippen molar-refractivity contribution >= 4 is 38.6 Å². The van der Waals surface area contributed by atoms with Crippen molar-refractivity contribution < 1.29 is 9.59 Å². The summed E-state index contributed by atoms with van der Waals surface area (Å²) >= 11 is 3.37. The number of halogens is 1. The van der Waals surface area contributed by atoms with Crippen LogP contribution in [0.4, 0.5) is 0 Å². The molecule has 6 heteroatoms. The van der Waals surface area contributed by atoms with Gasteiger partial charge in [-0.1, -0.05) is 40.2 Å². The lowest BCUT2D eigenvalue weighted by Gasteiger charge is -2.08. The lowest BCUT2D eigenvalue weighted by Crippen LogP contribution is -2.30. The van der Waals surface area contributed by atoms with Crippen LogP contribution in [0.2, 0.25) is 0 Å². The molecule has 1 aromatic heterocycles. The standard InChI is InChI=1S/C17H14BrN3O2/c1-10-15(16(22)20-19)13-7-2-3-8-14(13)21(10)17(23)11-5-4-6-12(18)9-11/h2-9H,19H2,1H3,(H,20,22). The van der Waals surface area contributed by atoms with Crippen molar-refractivity contribution in [2.75, 3.05) is 0 Å². The molecule has 0 aliphatic carbocycles. The third-order valence-electron chi connectivity index (χ3n) is 3.74. The van der Waals surface area contributed by atoms with E-state index in [9.17, 15) is 9.59 Å². The Kier molecular flexibility index (Phi) is 4.02. The van der Waals surface area contributed by atoms with Gasteiger partial charge < -0.3 is 0 Å². The number of nitrogens with two attached hydrogens (primary N) is 1. The molecule has 3 N–H and O–H groups in total. The largest absolute Gasteiger partial charge is 0.290 e. The number of hydrogen-bond acceptors (Lipinski definition) is 3. The van der Waals surface area contributed by atoms with Crippen LogP contribution in [0.3, 0.4) is 0 Å². The Labute approximate surface area is 141 Å². The van der Waals surface area contributed by atoms with Gasteiger partial charge >= 0.3 is 0 Å². The highest BCUT2D eigenvalue weighted by molar-refractivity contribution is 9.10. The molecule has 0 aliphatic heterocycles. The Morgan fingerprint density at radius 1 is 1.13 bits per heavy atom. The van der Waals surface area contributed by atoms with Crippen LogP contribution in [0.1, 0.15) is 26.4 Å². The smallest absolute Gasteiger partial charge is 0.267 e. The number of hydrogen-bond donors (Lipinski definition) is 2. The topological polar surface area (TPSA) is 77.1 Å². The SMILES string of the molecule is Cc1c(C(=O)NN)c2ccccc2n1C(=O)c1cccc(Br)c1. The molecule has 0 saturated carbocycles. The summed E-state index contributed by atoms with van der Waals surface area (Å²) in [4.78, 5) is 25.0. The number of fused-ring (bicyclic) bond motifs is 1. The highest BCUT2D eigenvalue weighted by Gasteiger charge is 2.23. The first-order valence-corrected chi connectivity index (χ1v) is 7.75. The molecule has 1 amide bonds. The molecule has 0 radical (unpaired) electrons. The van der Waals surface area contributed by atoms with Crippen LogP contribution in [0.15, 0.2) is 53.0 Å². The van der Waals surface area contributed by atoms with E-state index in [1.165, 1.54) is 0 Å². The van der Waals surface area contributed by atoms with Crippen LogP contribution in [-0.2, 0) is 0 Å². The number of carbonyl (C=O) groups excluding carboxylic acids is 2. The molecular weight excluding hydrogens is 358 g/mol. The Morgan fingerprint density at radius 2 is 1.87 bits per heavy atom. The number of aromatic nitrogens is 1. The van der Waals surface area contributed by atoms with E-state index >= 15 is 0 Å². The quantitative estimate of drug-likeness (QED) is 0.413. The monoisotopic (exact) mass is 371 g/mol. The van der Waals surface area contributed by atoms with Crippen molar-refractivity contribution in [1.82, 2.24) is 9.99 Å². The van der Waals surface area contributed by atoms with Gasteiger partial charge in [0, 0.05) is 21.1 Å². The second kappa shape index (κ2) is 5.98. The zero-order chi connectivity index (χ0) is 16.6. The number of rotatable bonds is 2. The zero-order valence-corrected chi connectivity index (χ0v) is 13.9. The van der Waals surface area contributed by atoms with E-state index in [-0.39, 0.29) is 5.91 Å². The van der Waals surface area contributed by atoms with Crippen LogP contribution in [-0.4, -0.2) is 16.4 Å². The van der Waals surface area contributed by atoms with E-state index in [1.54, 1.807) is 35.8 Å². The number of nitrogens with zero attached hydrogens (tertiary/aromatic N) is 1. The first-order valence-electron chi connectivity index (χ1n) is 6.96. The van der Waals surface area contributed by atoms with Gasteiger partial charge in [0.2, 0.25) is 0 Å². The van der Waals surface area contributed by atoms with E-state index in [1.807, 2.05) is 24.3 Å². The molecule has 0 bridgehead atoms. The predicted octanol–water partition coefficient (Wildman–Crippen LogP) is 3.00. The number of para-hydroxylation sites is 1. The number of nitrogen functional groups attached to an aromatic ring is 1. The van der Waals surface area contributed by atoms with Gasteiger partial charge in [0.25, 0.3) is 11.8 Å². The lowest BCUT2D eigenvalue weighted by atomic mass is 10.1. The second-order valence-corrected chi connectivity index (χ2v) is 6.02. The summed E-state index contributed by atoms with van der Waals surface area (Å²) in [6.45, 7) is 1.74. The highest BCUT2D eigenvalue weighted by atomic mass is 79.9. The van der Waals surface area contributed by atoms with Crippen molar-refractivity contribution in [3.8, 4) is 0 Å². The fourth-order valence-corrected chi connectivity index (χ4v) is 3.14. The van der Waals surface area contributed by atoms with E-state index in [2.05, 4.69) is 21.4 Å². The molecule has 0 spiro atoms. The van der Waals surface area contributed by atoms with Crippen molar-refractivity contribution in [3.63, 3.8) is 0 Å². The van der Waals surface area contributed by atoms with Crippen molar-refractivity contribution in [3.05, 3.63) is 69.8 Å². The summed E-state index contributed by atoms with van der Waals surface area (Å²) in [5, 5.41) is 0.691. The normalized spacial score (nSPS) is 10.7. The second-order valence-electron chi connectivity index (χ2n) is 5.10. The van der Waals surface area contributed by atoms with E-state index in [0.29, 0.717) is 27.7 Å². The van der Waals surface area contributed by atoms with E-state index in [4.69, 9.17) is 5.84 Å². The predicted molar refractivity (Wildman–Crippen MR) is 92.2 cm³/mol. The summed E-state index contributed by atoms with van der Waals surface area (Å²) in [7, 11) is 0. The summed E-state index contributed by atoms with van der Waals surface area (Å²) in [6.07, 6.45) is 0. The fourth-order valence-electron chi connectivity index (χ4n) is 2.74. The average molecular weight is 372 g/mol. The van der Waals surface area contributed by atoms with Crippen molar-refractivity contribution in [2.45, 2.75) is 6.92 Å². The lowest BCUT2D eigenvalue weighted by molar-refractivity contribution is 0.0954. The number of benzene rings is 2. The first kappa shape index (κ1) is 15.5. The molecule has 116 valence electrons. The van der Waals surface area contributed by atoms with Crippen LogP contribution >= 0.6 is 15.9 Å². The van der Waals surface area contributed by atoms with Crippen LogP contribution in [0.25, 0.3) is 10.9 Å². The summed E-state index contributed by atoms with van der Waals surface area (Å²) in [5.74, 6) is 4.67. The molecule has 23 heavy (non-hydrogen) atoms. The Hall–Kier alpha value is -2.44. The Bertz CT molecular complexity index is 931. The molecule has 0 unspecified atom stereocenters. The molecule has 0 fully saturated rings. The summed E-state index contributed by atoms with van der Waals surface area (Å²) in [6, 6.07) is 14.4. The van der Waals surface area contributed by atoms with Gasteiger partial charge in [-0.2, -0.15) is 0 Å². The number of nitrogens with one attached hydrogen (secondary N) is 1. The third kappa shape index (κ3) is 2.56. The molecule has 1 heterocycles. The van der Waals surface area contributed by atoms with Crippen molar-refractivity contribution in [2.24, 2.45) is 5.84 Å². The molecular formula is C17H14BrN3O2. The maximum Gasteiger partial charge on any atom is 0.267 e. The summed E-state index contributed by atoms with van der Waals surface area (Å²) in [5.41, 5.74) is 4.31. The van der Waals surface area contributed by atoms with Crippen LogP contribution in [0.5, 0.6) is 0 Å². The third-order valence-corrected chi connectivity index (χ3v) is 4.24. The van der Waals surface area contributed by atoms with Gasteiger partial charge in [-0.3, -0.25) is 19.6 Å². The van der Waals surface area contributed by atoms with E-state index < -0.39 is 5.91 Å². The first-order chi connectivity index (χ1) is 11.0. The minimum absolute atomic E-state index is 0.198. The van der Waals surface area contributed by atoms with Gasteiger partial charge in [0.15, 0.2) is 0 Å². The molecule has 2 aromatic carbocycles. The van der Waals surface area contributed by atoms with Gasteiger partial charge in [-0.25, -0.2) is 5.84 Å². The molecule has 0 aliphatic rings. The van der Waals surface area contributed by atoms with Gasteiger partial charge in [-0.05, 0) is 31.2 Å². The van der Waals surface area contributed by atoms with Crippen LogP contribution in [0, 0.1) is 6.92 Å². The van der Waals surface area contributed by atoms with Gasteiger partial charge in [0.1, 0.15) is 0 Å². The Morgan fingerprint density at radius 3 is 2.57 bits per heavy atom. The van der Waals surface area contributed by atoms with E-state index in [0.717, 1.165) is 4.47 Å². The molecule has 0 atom stereocenters. The van der Waals surface area contributed by atoms with Crippen LogP contribution < -0.4 is 11.3 Å². The zero-order valence-electron chi connectivity index (χ0n) is 12.3. The molecule has 3 rings (SSSR count). The average Bonchev–Trinajstić information content (AvgIpc) is 2.85. The fraction of sp³-hybridized carbons (Fsp3) is 0.0588. The minimum Gasteiger partial charge on any atom is -0.290 e. The number of hydrazine groups is 1. The molecule has 3 aromatic rings. The highest BCUT2D eigenvalue weighted by Crippen LogP contribution is 2.27. The molecule has 5 nitrogen and oxygen atoms in total. The van der Waals surface area contributed by atoms with Gasteiger partial charge in [-0.15, -0.1) is 0 Å². The van der Waals surface area contributed by atoms with Crippen molar-refractivity contribution in [1.29, 1.82) is 0 Å². The molecule has 0 saturated heterocycles.